The third kappa shape index (κ3) is 1.99. The van der Waals surface area contributed by atoms with Crippen molar-refractivity contribution in [2.45, 2.75) is 52.0 Å². The lowest BCUT2D eigenvalue weighted by atomic mass is 9.93. The molecule has 1 aliphatic rings. The Kier molecular flexibility index (Phi) is 3.17. The summed E-state index contributed by atoms with van der Waals surface area (Å²) in [5.41, 5.74) is 4.02. The minimum absolute atomic E-state index is 0.0250. The van der Waals surface area contributed by atoms with Crippen molar-refractivity contribution in [3.63, 3.8) is 0 Å². The van der Waals surface area contributed by atoms with Gasteiger partial charge in [0.05, 0.1) is 5.52 Å². The Labute approximate surface area is 114 Å². The number of carbonyl (C=O) groups excluding carboxylic acids is 1. The Balaban J connectivity index is 2.11. The van der Waals surface area contributed by atoms with Gasteiger partial charge in [0.15, 0.2) is 0 Å². The molecular weight excluding hydrogens is 234 g/mol. The topological polar surface area (TPSA) is 22.0 Å². The molecule has 0 radical (unpaired) electrons. The van der Waals surface area contributed by atoms with Gasteiger partial charge in [-0.3, -0.25) is 4.79 Å². The van der Waals surface area contributed by atoms with Gasteiger partial charge in [-0.15, -0.1) is 0 Å². The Morgan fingerprint density at radius 3 is 3.05 bits per heavy atom. The SMILES string of the molecule is CCCC(=O)C(C)c1cn2c3c(cccc13)CCC2. The van der Waals surface area contributed by atoms with Crippen LogP contribution in [0, 0.1) is 0 Å². The number of ketones is 1. The molecule has 2 heterocycles. The molecule has 2 nitrogen and oxygen atoms in total. The van der Waals surface area contributed by atoms with Crippen LogP contribution in [0.4, 0.5) is 0 Å². The first kappa shape index (κ1) is 12.5. The second-order valence-corrected chi connectivity index (χ2v) is 5.63. The summed E-state index contributed by atoms with van der Waals surface area (Å²) in [4.78, 5) is 12.2. The van der Waals surface area contributed by atoms with Gasteiger partial charge in [0, 0.05) is 30.5 Å². The lowest BCUT2D eigenvalue weighted by molar-refractivity contribution is -0.120. The van der Waals surface area contributed by atoms with Crippen LogP contribution in [0.5, 0.6) is 0 Å². The minimum Gasteiger partial charge on any atom is -0.347 e. The van der Waals surface area contributed by atoms with Crippen molar-refractivity contribution in [3.8, 4) is 0 Å². The van der Waals surface area contributed by atoms with Crippen molar-refractivity contribution >= 4 is 16.7 Å². The van der Waals surface area contributed by atoms with Crippen molar-refractivity contribution in [1.82, 2.24) is 4.57 Å². The summed E-state index contributed by atoms with van der Waals surface area (Å²) >= 11 is 0. The van der Waals surface area contributed by atoms with E-state index in [0.29, 0.717) is 12.2 Å². The van der Waals surface area contributed by atoms with Crippen molar-refractivity contribution in [2.75, 3.05) is 0 Å². The highest BCUT2D eigenvalue weighted by atomic mass is 16.1. The fourth-order valence-corrected chi connectivity index (χ4v) is 3.26. The first-order valence-corrected chi connectivity index (χ1v) is 7.35. The summed E-state index contributed by atoms with van der Waals surface area (Å²) in [5, 5.41) is 1.29. The molecule has 1 atom stereocenters. The molecule has 0 amide bonds. The van der Waals surface area contributed by atoms with Gasteiger partial charge < -0.3 is 4.57 Å². The molecule has 1 aromatic carbocycles. The zero-order chi connectivity index (χ0) is 13.4. The summed E-state index contributed by atoms with van der Waals surface area (Å²) in [5.74, 6) is 0.392. The maximum absolute atomic E-state index is 12.2. The van der Waals surface area contributed by atoms with E-state index in [2.05, 4.69) is 42.8 Å². The molecule has 0 N–H and O–H groups in total. The normalized spacial score (nSPS) is 15.7. The van der Waals surface area contributed by atoms with E-state index in [1.54, 1.807) is 0 Å². The van der Waals surface area contributed by atoms with Crippen LogP contribution in [-0.2, 0) is 17.8 Å². The van der Waals surface area contributed by atoms with Crippen molar-refractivity contribution in [3.05, 3.63) is 35.5 Å². The lowest BCUT2D eigenvalue weighted by Crippen LogP contribution is -2.08. The molecular formula is C17H21NO. The number of nitrogens with zero attached hydrogens (tertiary/aromatic N) is 1. The molecule has 0 fully saturated rings. The van der Waals surface area contributed by atoms with E-state index in [1.807, 2.05) is 0 Å². The molecule has 0 saturated carbocycles. The number of benzene rings is 1. The molecule has 100 valence electrons. The zero-order valence-corrected chi connectivity index (χ0v) is 11.8. The summed E-state index contributed by atoms with van der Waals surface area (Å²) in [7, 11) is 0. The van der Waals surface area contributed by atoms with Crippen molar-refractivity contribution in [2.24, 2.45) is 0 Å². The van der Waals surface area contributed by atoms with Gasteiger partial charge in [-0.2, -0.15) is 0 Å². The van der Waals surface area contributed by atoms with E-state index < -0.39 is 0 Å². The van der Waals surface area contributed by atoms with E-state index in [0.717, 1.165) is 19.4 Å². The molecule has 3 rings (SSSR count). The number of rotatable bonds is 4. The monoisotopic (exact) mass is 255 g/mol. The first-order chi connectivity index (χ1) is 9.22. The summed E-state index contributed by atoms with van der Waals surface area (Å²) in [6.45, 7) is 5.21. The Bertz CT molecular complexity index is 623. The Hall–Kier alpha value is -1.57. The van der Waals surface area contributed by atoms with Crippen molar-refractivity contribution < 1.29 is 4.79 Å². The fraction of sp³-hybridized carbons (Fsp3) is 0.471. The largest absolute Gasteiger partial charge is 0.347 e. The molecule has 1 unspecified atom stereocenters. The van der Waals surface area contributed by atoms with E-state index in [1.165, 1.54) is 28.5 Å². The van der Waals surface area contributed by atoms with Crippen LogP contribution in [-0.4, -0.2) is 10.4 Å². The van der Waals surface area contributed by atoms with Crippen LogP contribution >= 0.6 is 0 Å². The number of hydrogen-bond acceptors (Lipinski definition) is 1. The van der Waals surface area contributed by atoms with Crippen LogP contribution in [0.2, 0.25) is 0 Å². The van der Waals surface area contributed by atoms with Gasteiger partial charge in [-0.25, -0.2) is 0 Å². The van der Waals surface area contributed by atoms with Gasteiger partial charge in [-0.05, 0) is 30.4 Å². The molecule has 0 bridgehead atoms. The van der Waals surface area contributed by atoms with Crippen molar-refractivity contribution in [1.29, 1.82) is 0 Å². The third-order valence-electron chi connectivity index (χ3n) is 4.30. The average Bonchev–Trinajstić information content (AvgIpc) is 2.80. The molecule has 0 aliphatic carbocycles. The van der Waals surface area contributed by atoms with Gasteiger partial charge in [0.25, 0.3) is 0 Å². The van der Waals surface area contributed by atoms with Crippen LogP contribution in [0.1, 0.15) is 50.2 Å². The van der Waals surface area contributed by atoms with E-state index in [-0.39, 0.29) is 5.92 Å². The number of Topliss-reactive ketones (excluding diaryl/α,β-unsaturated/α-hetero) is 1. The highest BCUT2D eigenvalue weighted by molar-refractivity contribution is 5.94. The van der Waals surface area contributed by atoms with E-state index in [9.17, 15) is 4.79 Å². The highest BCUT2D eigenvalue weighted by Crippen LogP contribution is 2.33. The first-order valence-electron chi connectivity index (χ1n) is 7.35. The average molecular weight is 255 g/mol. The zero-order valence-electron chi connectivity index (χ0n) is 11.8. The van der Waals surface area contributed by atoms with Gasteiger partial charge in [-0.1, -0.05) is 32.0 Å². The molecule has 19 heavy (non-hydrogen) atoms. The van der Waals surface area contributed by atoms with Gasteiger partial charge >= 0.3 is 0 Å². The predicted octanol–water partition coefficient (Wildman–Crippen LogP) is 4.06. The Morgan fingerprint density at radius 2 is 2.26 bits per heavy atom. The number of hydrogen-bond donors (Lipinski definition) is 0. The molecule has 0 spiro atoms. The number of aromatic nitrogens is 1. The molecule has 0 saturated heterocycles. The summed E-state index contributed by atoms with van der Waals surface area (Å²) in [6.07, 6.45) is 6.21. The maximum Gasteiger partial charge on any atom is 0.140 e. The quantitative estimate of drug-likeness (QED) is 0.807. The smallest absolute Gasteiger partial charge is 0.140 e. The summed E-state index contributed by atoms with van der Waals surface area (Å²) < 4.78 is 2.35. The molecule has 2 heteroatoms. The van der Waals surface area contributed by atoms with Gasteiger partial charge in [0.1, 0.15) is 5.78 Å². The maximum atomic E-state index is 12.2. The van der Waals surface area contributed by atoms with Crippen LogP contribution in [0.3, 0.4) is 0 Å². The number of aryl methyl sites for hydroxylation is 2. The minimum atomic E-state index is 0.0250. The van der Waals surface area contributed by atoms with E-state index >= 15 is 0 Å². The van der Waals surface area contributed by atoms with Gasteiger partial charge in [0.2, 0.25) is 0 Å². The van der Waals surface area contributed by atoms with Crippen LogP contribution < -0.4 is 0 Å². The number of para-hydroxylation sites is 1. The summed E-state index contributed by atoms with van der Waals surface area (Å²) in [6, 6.07) is 6.53. The van der Waals surface area contributed by atoms with Crippen LogP contribution in [0.25, 0.3) is 10.9 Å². The fourth-order valence-electron chi connectivity index (χ4n) is 3.26. The van der Waals surface area contributed by atoms with E-state index in [4.69, 9.17) is 0 Å². The molecule has 1 aliphatic heterocycles. The molecule has 1 aromatic heterocycles. The molecule has 2 aromatic rings. The highest BCUT2D eigenvalue weighted by Gasteiger charge is 2.22. The second-order valence-electron chi connectivity index (χ2n) is 5.63. The second kappa shape index (κ2) is 4.84. The predicted molar refractivity (Wildman–Crippen MR) is 78.6 cm³/mol. The lowest BCUT2D eigenvalue weighted by Gasteiger charge is -2.14. The van der Waals surface area contributed by atoms with Crippen LogP contribution in [0.15, 0.2) is 24.4 Å². The third-order valence-corrected chi connectivity index (χ3v) is 4.30. The Morgan fingerprint density at radius 1 is 1.42 bits per heavy atom. The number of carbonyl (C=O) groups is 1. The standard InChI is InChI=1S/C17H21NO/c1-3-6-16(19)12(2)15-11-18-10-5-8-13-7-4-9-14(15)17(13)18/h4,7,9,11-12H,3,5-6,8,10H2,1-2H3.